The Morgan fingerprint density at radius 2 is 1.89 bits per heavy atom. The Hall–Kier alpha value is -3.16. The molecule has 3 aromatic carbocycles. The van der Waals surface area contributed by atoms with Crippen LogP contribution >= 0.6 is 0 Å². The van der Waals surface area contributed by atoms with Gasteiger partial charge in [0.2, 0.25) is 5.91 Å². The largest absolute Gasteiger partial charge is 0.396 e. The van der Waals surface area contributed by atoms with Crippen LogP contribution in [0.3, 0.4) is 0 Å². The smallest absolute Gasteiger partial charge is 0.231 e. The van der Waals surface area contributed by atoms with Gasteiger partial charge in [-0.15, -0.1) is 0 Å². The standard InChI is InChI=1S/C24H24N2O2/c1-17(21-12-7-10-18-8-3-4-11-22(18)21)24(28)26-23-16-20(25-2)14-13-19(23)9-5-6-15-27/h3-4,7-8,10-14,16-17,27H,5-6,9,15H2,1H3,(H,26,28). The van der Waals surface area contributed by atoms with Crippen LogP contribution in [0.1, 0.15) is 36.8 Å². The second kappa shape index (κ2) is 9.16. The van der Waals surface area contributed by atoms with E-state index in [0.29, 0.717) is 17.8 Å². The Morgan fingerprint density at radius 3 is 2.68 bits per heavy atom. The van der Waals surface area contributed by atoms with E-state index in [1.165, 1.54) is 0 Å². The molecule has 142 valence electrons. The molecule has 3 rings (SSSR count). The summed E-state index contributed by atoms with van der Waals surface area (Å²) >= 11 is 0. The van der Waals surface area contributed by atoms with E-state index in [9.17, 15) is 4.79 Å². The summed E-state index contributed by atoms with van der Waals surface area (Å²) in [6, 6.07) is 19.5. The molecule has 0 bridgehead atoms. The summed E-state index contributed by atoms with van der Waals surface area (Å²) < 4.78 is 0. The summed E-state index contributed by atoms with van der Waals surface area (Å²) in [5.74, 6) is -0.421. The number of aryl methyl sites for hydroxylation is 1. The second-order valence-electron chi connectivity index (χ2n) is 6.91. The molecule has 2 N–H and O–H groups in total. The highest BCUT2D eigenvalue weighted by molar-refractivity contribution is 6.00. The van der Waals surface area contributed by atoms with E-state index in [2.05, 4.69) is 10.2 Å². The first-order chi connectivity index (χ1) is 13.6. The van der Waals surface area contributed by atoms with Crippen molar-refractivity contribution in [3.8, 4) is 0 Å². The van der Waals surface area contributed by atoms with E-state index < -0.39 is 0 Å². The number of hydrogen-bond donors (Lipinski definition) is 2. The van der Waals surface area contributed by atoms with Crippen molar-refractivity contribution >= 4 is 28.1 Å². The minimum atomic E-state index is -0.326. The summed E-state index contributed by atoms with van der Waals surface area (Å²) in [5, 5.41) is 14.2. The van der Waals surface area contributed by atoms with Crippen LogP contribution in [0.4, 0.5) is 11.4 Å². The van der Waals surface area contributed by atoms with Gasteiger partial charge in [0.15, 0.2) is 5.69 Å². The lowest BCUT2D eigenvalue weighted by Crippen LogP contribution is -2.20. The zero-order valence-corrected chi connectivity index (χ0v) is 16.0. The van der Waals surface area contributed by atoms with Crippen molar-refractivity contribution in [1.29, 1.82) is 0 Å². The monoisotopic (exact) mass is 372 g/mol. The molecule has 1 amide bonds. The predicted octanol–water partition coefficient (Wildman–Crippen LogP) is 5.45. The van der Waals surface area contributed by atoms with E-state index in [1.807, 2.05) is 55.5 Å². The number of fused-ring (bicyclic) bond motifs is 1. The molecular weight excluding hydrogens is 348 g/mol. The number of nitrogens with one attached hydrogen (secondary N) is 1. The van der Waals surface area contributed by atoms with Crippen molar-refractivity contribution < 1.29 is 9.90 Å². The third-order valence-corrected chi connectivity index (χ3v) is 5.02. The summed E-state index contributed by atoms with van der Waals surface area (Å²) in [7, 11) is 0. The molecule has 0 aliphatic rings. The van der Waals surface area contributed by atoms with Crippen LogP contribution < -0.4 is 5.32 Å². The van der Waals surface area contributed by atoms with Crippen molar-refractivity contribution in [3.05, 3.63) is 83.2 Å². The van der Waals surface area contributed by atoms with Gasteiger partial charge < -0.3 is 10.4 Å². The molecule has 0 saturated carbocycles. The van der Waals surface area contributed by atoms with E-state index in [-0.39, 0.29) is 18.4 Å². The van der Waals surface area contributed by atoms with Gasteiger partial charge in [0.05, 0.1) is 12.5 Å². The highest BCUT2D eigenvalue weighted by atomic mass is 16.2. The lowest BCUT2D eigenvalue weighted by molar-refractivity contribution is -0.117. The summed E-state index contributed by atoms with van der Waals surface area (Å²) in [5.41, 5.74) is 3.15. The van der Waals surface area contributed by atoms with Crippen LogP contribution in [0.5, 0.6) is 0 Å². The number of rotatable bonds is 7. The lowest BCUT2D eigenvalue weighted by Gasteiger charge is -2.17. The number of carbonyl (C=O) groups is 1. The summed E-state index contributed by atoms with van der Waals surface area (Å²) in [4.78, 5) is 16.5. The van der Waals surface area contributed by atoms with Crippen molar-refractivity contribution in [2.45, 2.75) is 32.1 Å². The fourth-order valence-corrected chi connectivity index (χ4v) is 3.41. The quantitative estimate of drug-likeness (QED) is 0.428. The molecule has 0 aromatic heterocycles. The molecule has 0 aliphatic heterocycles. The summed E-state index contributed by atoms with van der Waals surface area (Å²) in [6.45, 7) is 9.31. The number of anilines is 1. The molecule has 28 heavy (non-hydrogen) atoms. The van der Waals surface area contributed by atoms with Crippen molar-refractivity contribution in [2.24, 2.45) is 0 Å². The number of aliphatic hydroxyl groups is 1. The van der Waals surface area contributed by atoms with Gasteiger partial charge in [-0.3, -0.25) is 4.79 Å². The Morgan fingerprint density at radius 1 is 1.11 bits per heavy atom. The first kappa shape index (κ1) is 19.6. The Labute approximate surface area is 165 Å². The predicted molar refractivity (Wildman–Crippen MR) is 114 cm³/mol. The van der Waals surface area contributed by atoms with E-state index in [0.717, 1.165) is 34.7 Å². The molecule has 1 atom stereocenters. The molecule has 0 spiro atoms. The number of amides is 1. The molecule has 1 unspecified atom stereocenters. The van der Waals surface area contributed by atoms with Gasteiger partial charge in [0, 0.05) is 12.3 Å². The second-order valence-corrected chi connectivity index (χ2v) is 6.91. The van der Waals surface area contributed by atoms with E-state index in [1.54, 1.807) is 12.1 Å². The van der Waals surface area contributed by atoms with Crippen LogP contribution in [0.25, 0.3) is 15.6 Å². The molecule has 0 fully saturated rings. The maximum atomic E-state index is 13.0. The number of benzene rings is 3. The van der Waals surface area contributed by atoms with Gasteiger partial charge in [-0.1, -0.05) is 54.6 Å². The number of unbranched alkanes of at least 4 members (excludes halogenated alkanes) is 1. The van der Waals surface area contributed by atoms with Crippen LogP contribution in [0.15, 0.2) is 60.7 Å². The van der Waals surface area contributed by atoms with Gasteiger partial charge in [-0.05, 0) is 54.2 Å². The van der Waals surface area contributed by atoms with Crippen molar-refractivity contribution in [2.75, 3.05) is 11.9 Å². The highest BCUT2D eigenvalue weighted by Gasteiger charge is 2.19. The van der Waals surface area contributed by atoms with Gasteiger partial charge in [0.1, 0.15) is 0 Å². The van der Waals surface area contributed by atoms with Crippen LogP contribution in [0, 0.1) is 6.57 Å². The maximum absolute atomic E-state index is 13.0. The Balaban J connectivity index is 1.86. The number of hydrogen-bond acceptors (Lipinski definition) is 2. The topological polar surface area (TPSA) is 53.7 Å². The number of carbonyl (C=O) groups excluding carboxylic acids is 1. The molecule has 0 aliphatic carbocycles. The summed E-state index contributed by atoms with van der Waals surface area (Å²) in [6.07, 6.45) is 2.29. The average molecular weight is 372 g/mol. The van der Waals surface area contributed by atoms with Gasteiger partial charge in [0.25, 0.3) is 0 Å². The zero-order valence-electron chi connectivity index (χ0n) is 16.0. The van der Waals surface area contributed by atoms with Gasteiger partial charge in [-0.2, -0.15) is 0 Å². The Bertz CT molecular complexity index is 1020. The third kappa shape index (κ3) is 4.39. The zero-order chi connectivity index (χ0) is 19.9. The van der Waals surface area contributed by atoms with Gasteiger partial charge in [-0.25, -0.2) is 4.85 Å². The molecule has 4 heteroatoms. The first-order valence-electron chi connectivity index (χ1n) is 9.54. The normalized spacial score (nSPS) is 11.8. The van der Waals surface area contributed by atoms with E-state index in [4.69, 9.17) is 11.7 Å². The lowest BCUT2D eigenvalue weighted by atomic mass is 9.94. The average Bonchev–Trinajstić information content (AvgIpc) is 2.73. The number of nitrogens with zero attached hydrogens (tertiary/aromatic N) is 1. The number of aliphatic hydroxyl groups excluding tert-OH is 1. The van der Waals surface area contributed by atoms with E-state index >= 15 is 0 Å². The van der Waals surface area contributed by atoms with Crippen molar-refractivity contribution in [1.82, 2.24) is 0 Å². The third-order valence-electron chi connectivity index (χ3n) is 5.02. The fourth-order valence-electron chi connectivity index (χ4n) is 3.41. The van der Waals surface area contributed by atoms with Crippen molar-refractivity contribution in [3.63, 3.8) is 0 Å². The first-order valence-corrected chi connectivity index (χ1v) is 9.54. The highest BCUT2D eigenvalue weighted by Crippen LogP contribution is 2.29. The SMILES string of the molecule is [C-]#[N+]c1ccc(CCCCO)c(NC(=O)C(C)c2cccc3ccccc23)c1. The molecule has 4 nitrogen and oxygen atoms in total. The van der Waals surface area contributed by atoms with Gasteiger partial charge >= 0.3 is 0 Å². The minimum absolute atomic E-state index is 0.0955. The molecule has 0 heterocycles. The van der Waals surface area contributed by atoms with Crippen LogP contribution in [-0.2, 0) is 11.2 Å². The Kier molecular flexibility index (Phi) is 6.41. The van der Waals surface area contributed by atoms with Crippen LogP contribution in [0.2, 0.25) is 0 Å². The fraction of sp³-hybridized carbons (Fsp3) is 0.250. The molecule has 3 aromatic rings. The minimum Gasteiger partial charge on any atom is -0.396 e. The molecular formula is C24H24N2O2. The maximum Gasteiger partial charge on any atom is 0.231 e. The van der Waals surface area contributed by atoms with Crippen LogP contribution in [-0.4, -0.2) is 17.6 Å². The molecule has 0 radical (unpaired) electrons. The molecule has 0 saturated heterocycles.